The fraction of sp³-hybridized carbons (Fsp3) is 0.455. The third-order valence-electron chi connectivity index (χ3n) is 2.60. The van der Waals surface area contributed by atoms with Gasteiger partial charge in [-0.15, -0.1) is 0 Å². The Balaban J connectivity index is 2.25. The lowest BCUT2D eigenvalue weighted by atomic mass is 10.2. The summed E-state index contributed by atoms with van der Waals surface area (Å²) in [6.07, 6.45) is 0. The SMILES string of the molecule is COc1cc(I)ccc1N1CCNCC1. The molecule has 0 spiro atoms. The molecular formula is C11H15IN2O. The zero-order valence-corrected chi connectivity index (χ0v) is 11.0. The second kappa shape index (κ2) is 5.03. The number of ether oxygens (including phenoxy) is 1. The molecule has 82 valence electrons. The minimum absolute atomic E-state index is 0.976. The average molecular weight is 318 g/mol. The summed E-state index contributed by atoms with van der Waals surface area (Å²) in [5.41, 5.74) is 1.21. The largest absolute Gasteiger partial charge is 0.495 e. The highest BCUT2D eigenvalue weighted by Crippen LogP contribution is 2.29. The Bertz CT molecular complexity index is 337. The van der Waals surface area contributed by atoms with Crippen LogP contribution < -0.4 is 15.0 Å². The van der Waals surface area contributed by atoms with Gasteiger partial charge < -0.3 is 15.0 Å². The molecule has 3 nitrogen and oxygen atoms in total. The van der Waals surface area contributed by atoms with E-state index in [1.807, 2.05) is 0 Å². The molecular weight excluding hydrogens is 303 g/mol. The predicted octanol–water partition coefficient (Wildman–Crippen LogP) is 1.71. The van der Waals surface area contributed by atoms with E-state index < -0.39 is 0 Å². The summed E-state index contributed by atoms with van der Waals surface area (Å²) in [7, 11) is 1.73. The van der Waals surface area contributed by atoms with Crippen molar-refractivity contribution in [2.24, 2.45) is 0 Å². The van der Waals surface area contributed by atoms with Gasteiger partial charge in [-0.2, -0.15) is 0 Å². The maximum Gasteiger partial charge on any atom is 0.143 e. The Morgan fingerprint density at radius 2 is 2.07 bits per heavy atom. The van der Waals surface area contributed by atoms with Gasteiger partial charge in [-0.25, -0.2) is 0 Å². The van der Waals surface area contributed by atoms with Gasteiger partial charge in [0.1, 0.15) is 5.75 Å². The van der Waals surface area contributed by atoms with E-state index in [0.717, 1.165) is 31.9 Å². The Hall–Kier alpha value is -0.490. The number of methoxy groups -OCH3 is 1. The summed E-state index contributed by atoms with van der Waals surface area (Å²) < 4.78 is 6.62. The Morgan fingerprint density at radius 3 is 2.73 bits per heavy atom. The number of anilines is 1. The van der Waals surface area contributed by atoms with Crippen LogP contribution in [0.25, 0.3) is 0 Å². The first-order chi connectivity index (χ1) is 7.31. The van der Waals surface area contributed by atoms with Crippen LogP contribution in [0.4, 0.5) is 5.69 Å². The van der Waals surface area contributed by atoms with Crippen molar-refractivity contribution in [3.8, 4) is 5.75 Å². The van der Waals surface area contributed by atoms with Gasteiger partial charge in [-0.1, -0.05) is 0 Å². The molecule has 0 aromatic heterocycles. The van der Waals surface area contributed by atoms with Gasteiger partial charge in [0.25, 0.3) is 0 Å². The maximum atomic E-state index is 5.41. The molecule has 0 bridgehead atoms. The number of hydrogen-bond donors (Lipinski definition) is 1. The number of rotatable bonds is 2. The highest BCUT2D eigenvalue weighted by molar-refractivity contribution is 14.1. The van der Waals surface area contributed by atoms with Gasteiger partial charge >= 0.3 is 0 Å². The van der Waals surface area contributed by atoms with Crippen LogP contribution in [-0.4, -0.2) is 33.3 Å². The van der Waals surface area contributed by atoms with Gasteiger partial charge in [0.05, 0.1) is 12.8 Å². The molecule has 4 heteroatoms. The molecule has 2 rings (SSSR count). The molecule has 0 unspecified atom stereocenters. The van der Waals surface area contributed by atoms with Crippen molar-refractivity contribution < 1.29 is 4.74 Å². The van der Waals surface area contributed by atoms with Crippen LogP contribution in [0.3, 0.4) is 0 Å². The van der Waals surface area contributed by atoms with E-state index in [-0.39, 0.29) is 0 Å². The Morgan fingerprint density at radius 1 is 1.33 bits per heavy atom. The number of benzene rings is 1. The van der Waals surface area contributed by atoms with Gasteiger partial charge in [0, 0.05) is 29.7 Å². The molecule has 15 heavy (non-hydrogen) atoms. The van der Waals surface area contributed by atoms with Gasteiger partial charge in [-0.05, 0) is 40.8 Å². The molecule has 0 radical (unpaired) electrons. The summed E-state index contributed by atoms with van der Waals surface area (Å²) in [4.78, 5) is 2.37. The molecule has 1 heterocycles. The standard InChI is InChI=1S/C11H15IN2O/c1-15-11-8-9(12)2-3-10(11)14-6-4-13-5-7-14/h2-3,8,13H,4-7H2,1H3. The Labute approximate surface area is 104 Å². The van der Waals surface area contributed by atoms with E-state index in [4.69, 9.17) is 4.74 Å². The first kappa shape index (κ1) is 11.0. The van der Waals surface area contributed by atoms with Crippen molar-refractivity contribution in [3.63, 3.8) is 0 Å². The highest BCUT2D eigenvalue weighted by Gasteiger charge is 2.14. The summed E-state index contributed by atoms with van der Waals surface area (Å²) >= 11 is 2.31. The van der Waals surface area contributed by atoms with E-state index in [1.165, 1.54) is 9.26 Å². The van der Waals surface area contributed by atoms with Gasteiger partial charge in [0.2, 0.25) is 0 Å². The fourth-order valence-corrected chi connectivity index (χ4v) is 2.28. The number of nitrogens with one attached hydrogen (secondary N) is 1. The molecule has 1 aliphatic rings. The van der Waals surface area contributed by atoms with Crippen LogP contribution in [-0.2, 0) is 0 Å². The number of hydrogen-bond acceptors (Lipinski definition) is 3. The quantitative estimate of drug-likeness (QED) is 0.840. The van der Waals surface area contributed by atoms with Crippen molar-refractivity contribution in [3.05, 3.63) is 21.8 Å². The minimum Gasteiger partial charge on any atom is -0.495 e. The molecule has 1 aromatic rings. The predicted molar refractivity (Wildman–Crippen MR) is 70.8 cm³/mol. The second-order valence-electron chi connectivity index (χ2n) is 3.55. The summed E-state index contributed by atoms with van der Waals surface area (Å²) in [5.74, 6) is 0.976. The monoisotopic (exact) mass is 318 g/mol. The highest BCUT2D eigenvalue weighted by atomic mass is 127. The summed E-state index contributed by atoms with van der Waals surface area (Å²) in [6, 6.07) is 6.35. The lowest BCUT2D eigenvalue weighted by Crippen LogP contribution is -2.43. The van der Waals surface area contributed by atoms with Crippen molar-refractivity contribution in [2.45, 2.75) is 0 Å². The third kappa shape index (κ3) is 2.55. The molecule has 1 aromatic carbocycles. The number of nitrogens with zero attached hydrogens (tertiary/aromatic N) is 1. The van der Waals surface area contributed by atoms with E-state index in [0.29, 0.717) is 0 Å². The lowest BCUT2D eigenvalue weighted by Gasteiger charge is -2.30. The normalized spacial score (nSPS) is 16.5. The molecule has 1 aliphatic heterocycles. The number of halogens is 1. The summed E-state index contributed by atoms with van der Waals surface area (Å²) in [6.45, 7) is 4.21. The molecule has 0 saturated carbocycles. The first-order valence-electron chi connectivity index (χ1n) is 5.10. The van der Waals surface area contributed by atoms with Crippen LogP contribution in [0, 0.1) is 3.57 Å². The molecule has 0 atom stereocenters. The minimum atomic E-state index is 0.976. The molecule has 1 N–H and O–H groups in total. The van der Waals surface area contributed by atoms with Crippen LogP contribution in [0.2, 0.25) is 0 Å². The van der Waals surface area contributed by atoms with Crippen LogP contribution in [0.5, 0.6) is 5.75 Å². The van der Waals surface area contributed by atoms with Crippen LogP contribution in [0.15, 0.2) is 18.2 Å². The first-order valence-corrected chi connectivity index (χ1v) is 6.18. The zero-order chi connectivity index (χ0) is 10.7. The smallest absolute Gasteiger partial charge is 0.143 e. The zero-order valence-electron chi connectivity index (χ0n) is 8.79. The second-order valence-corrected chi connectivity index (χ2v) is 4.80. The maximum absolute atomic E-state index is 5.41. The average Bonchev–Trinajstić information content (AvgIpc) is 2.30. The van der Waals surface area contributed by atoms with Gasteiger partial charge in [-0.3, -0.25) is 0 Å². The Kier molecular flexibility index (Phi) is 3.69. The lowest BCUT2D eigenvalue weighted by molar-refractivity contribution is 0.412. The third-order valence-corrected chi connectivity index (χ3v) is 3.27. The molecule has 0 amide bonds. The van der Waals surface area contributed by atoms with Crippen molar-refractivity contribution >= 4 is 28.3 Å². The molecule has 1 fully saturated rings. The van der Waals surface area contributed by atoms with Crippen LogP contribution in [0.1, 0.15) is 0 Å². The molecule has 0 aliphatic carbocycles. The van der Waals surface area contributed by atoms with Crippen molar-refractivity contribution in [2.75, 3.05) is 38.2 Å². The summed E-state index contributed by atoms with van der Waals surface area (Å²) in [5, 5.41) is 3.35. The fourth-order valence-electron chi connectivity index (χ4n) is 1.82. The van der Waals surface area contributed by atoms with E-state index in [2.05, 4.69) is 51.0 Å². The van der Waals surface area contributed by atoms with E-state index >= 15 is 0 Å². The topological polar surface area (TPSA) is 24.5 Å². The van der Waals surface area contributed by atoms with E-state index in [1.54, 1.807) is 7.11 Å². The van der Waals surface area contributed by atoms with E-state index in [9.17, 15) is 0 Å². The van der Waals surface area contributed by atoms with Gasteiger partial charge in [0.15, 0.2) is 0 Å². The van der Waals surface area contributed by atoms with Crippen molar-refractivity contribution in [1.82, 2.24) is 5.32 Å². The van der Waals surface area contributed by atoms with Crippen molar-refractivity contribution in [1.29, 1.82) is 0 Å². The number of piperazine rings is 1. The molecule has 1 saturated heterocycles. The van der Waals surface area contributed by atoms with Crippen LogP contribution >= 0.6 is 22.6 Å².